The molecule has 0 aliphatic heterocycles. The van der Waals surface area contributed by atoms with Gasteiger partial charge >= 0.3 is 0 Å². The van der Waals surface area contributed by atoms with Crippen LogP contribution in [0, 0.1) is 0 Å². The lowest BCUT2D eigenvalue weighted by molar-refractivity contribution is -0.138. The van der Waals surface area contributed by atoms with Crippen molar-refractivity contribution in [2.24, 2.45) is 0 Å². The van der Waals surface area contributed by atoms with E-state index in [0.717, 1.165) is 22.7 Å². The molecule has 3 aromatic rings. The van der Waals surface area contributed by atoms with Crippen molar-refractivity contribution < 1.29 is 27.5 Å². The van der Waals surface area contributed by atoms with Crippen LogP contribution in [0.3, 0.4) is 0 Å². The summed E-state index contributed by atoms with van der Waals surface area (Å²) in [5.41, 5.74) is 1.22. The van der Waals surface area contributed by atoms with Gasteiger partial charge in [0.05, 0.1) is 24.8 Å². The van der Waals surface area contributed by atoms with Crippen LogP contribution in [0.5, 0.6) is 11.5 Å². The Labute approximate surface area is 243 Å². The number of methoxy groups -OCH3 is 2. The zero-order valence-electron chi connectivity index (χ0n) is 24.1. The largest absolute Gasteiger partial charge is 0.493 e. The Morgan fingerprint density at radius 1 is 0.902 bits per heavy atom. The maximum absolute atomic E-state index is 14.0. The Morgan fingerprint density at radius 2 is 1.54 bits per heavy atom. The van der Waals surface area contributed by atoms with Gasteiger partial charge in [-0.15, -0.1) is 0 Å². The molecule has 0 aliphatic rings. The molecular weight excluding hydrogens is 542 g/mol. The van der Waals surface area contributed by atoms with E-state index in [1.807, 2.05) is 37.3 Å². The number of sulfonamides is 1. The first-order chi connectivity index (χ1) is 19.7. The monoisotopic (exact) mass is 581 g/mol. The zero-order chi connectivity index (χ0) is 29.8. The predicted molar refractivity (Wildman–Crippen MR) is 160 cm³/mol. The minimum atomic E-state index is -4.17. The number of carbonyl (C=O) groups is 2. The highest BCUT2D eigenvalue weighted by Crippen LogP contribution is 2.34. The molecule has 10 heteroatoms. The molecule has 2 amide bonds. The van der Waals surface area contributed by atoms with Crippen LogP contribution in [0.4, 0.5) is 5.69 Å². The molecule has 0 saturated carbocycles. The third-order valence-electron chi connectivity index (χ3n) is 6.75. The molecule has 41 heavy (non-hydrogen) atoms. The number of unbranched alkanes of at least 4 members (excludes halogenated alkanes) is 1. The SMILES string of the molecule is CCCCNC(=O)[C@@H](C)N(CCc1ccccc1)C(=O)CN(c1ccc(OC)c(OC)c1)S(=O)(=O)c1ccccc1. The summed E-state index contributed by atoms with van der Waals surface area (Å²) in [5, 5.41) is 2.89. The predicted octanol–water partition coefficient (Wildman–Crippen LogP) is 4.28. The summed E-state index contributed by atoms with van der Waals surface area (Å²) in [5.74, 6) is -0.0615. The van der Waals surface area contributed by atoms with Gasteiger partial charge in [0, 0.05) is 19.2 Å². The maximum Gasteiger partial charge on any atom is 0.264 e. The van der Waals surface area contributed by atoms with Crippen LogP contribution < -0.4 is 19.1 Å². The third-order valence-corrected chi connectivity index (χ3v) is 8.53. The molecule has 0 radical (unpaired) electrons. The van der Waals surface area contributed by atoms with Gasteiger partial charge < -0.3 is 19.7 Å². The minimum Gasteiger partial charge on any atom is -0.493 e. The van der Waals surface area contributed by atoms with Gasteiger partial charge in [-0.25, -0.2) is 8.42 Å². The van der Waals surface area contributed by atoms with E-state index in [1.54, 1.807) is 37.3 Å². The number of nitrogens with one attached hydrogen (secondary N) is 1. The Balaban J connectivity index is 1.99. The summed E-state index contributed by atoms with van der Waals surface area (Å²) in [6.07, 6.45) is 2.24. The average Bonchev–Trinajstić information content (AvgIpc) is 3.00. The molecule has 9 nitrogen and oxygen atoms in total. The minimum absolute atomic E-state index is 0.0313. The molecule has 1 atom stereocenters. The average molecular weight is 582 g/mol. The van der Waals surface area contributed by atoms with Gasteiger partial charge in [0.25, 0.3) is 10.0 Å². The van der Waals surface area contributed by atoms with Crippen molar-refractivity contribution >= 4 is 27.5 Å². The van der Waals surface area contributed by atoms with E-state index in [0.29, 0.717) is 24.5 Å². The number of hydrogen-bond acceptors (Lipinski definition) is 6. The van der Waals surface area contributed by atoms with Gasteiger partial charge in [0.1, 0.15) is 12.6 Å². The Morgan fingerprint density at radius 3 is 2.15 bits per heavy atom. The van der Waals surface area contributed by atoms with Crippen LogP contribution in [0.15, 0.2) is 83.8 Å². The quantitative estimate of drug-likeness (QED) is 0.269. The fraction of sp³-hybridized carbons (Fsp3) is 0.355. The van der Waals surface area contributed by atoms with Crippen LogP contribution in [0.2, 0.25) is 0 Å². The second-order valence-electron chi connectivity index (χ2n) is 9.51. The summed E-state index contributed by atoms with van der Waals surface area (Å²) in [6, 6.07) is 21.4. The van der Waals surface area contributed by atoms with E-state index < -0.39 is 28.5 Å². The van der Waals surface area contributed by atoms with Gasteiger partial charge in [-0.05, 0) is 49.6 Å². The lowest BCUT2D eigenvalue weighted by Crippen LogP contribution is -2.52. The number of hydrogen-bond donors (Lipinski definition) is 1. The smallest absolute Gasteiger partial charge is 0.264 e. The maximum atomic E-state index is 14.0. The van der Waals surface area contributed by atoms with E-state index in [9.17, 15) is 18.0 Å². The molecule has 0 saturated heterocycles. The molecule has 0 aliphatic carbocycles. The van der Waals surface area contributed by atoms with Crippen molar-refractivity contribution in [3.8, 4) is 11.5 Å². The van der Waals surface area contributed by atoms with Crippen LogP contribution in [-0.4, -0.2) is 65.0 Å². The van der Waals surface area contributed by atoms with Crippen LogP contribution in [-0.2, 0) is 26.0 Å². The lowest BCUT2D eigenvalue weighted by atomic mass is 10.1. The molecule has 0 bridgehead atoms. The Kier molecular flexibility index (Phi) is 11.6. The topological polar surface area (TPSA) is 105 Å². The highest BCUT2D eigenvalue weighted by molar-refractivity contribution is 7.92. The number of amides is 2. The van der Waals surface area contributed by atoms with E-state index in [1.165, 1.54) is 37.3 Å². The van der Waals surface area contributed by atoms with E-state index in [2.05, 4.69) is 5.32 Å². The van der Waals surface area contributed by atoms with Crippen molar-refractivity contribution in [1.29, 1.82) is 0 Å². The van der Waals surface area contributed by atoms with Crippen molar-refractivity contribution in [1.82, 2.24) is 10.2 Å². The van der Waals surface area contributed by atoms with Crippen molar-refractivity contribution in [2.75, 3.05) is 38.2 Å². The van der Waals surface area contributed by atoms with Crippen molar-refractivity contribution in [3.05, 3.63) is 84.4 Å². The molecule has 0 fully saturated rings. The normalized spacial score (nSPS) is 11.8. The zero-order valence-corrected chi connectivity index (χ0v) is 24.9. The summed E-state index contributed by atoms with van der Waals surface area (Å²) < 4.78 is 39.6. The van der Waals surface area contributed by atoms with Crippen molar-refractivity contribution in [3.63, 3.8) is 0 Å². The molecule has 220 valence electrons. The first-order valence-electron chi connectivity index (χ1n) is 13.6. The first-order valence-corrected chi connectivity index (χ1v) is 15.1. The summed E-state index contributed by atoms with van der Waals surface area (Å²) in [6.45, 7) is 3.91. The fourth-order valence-corrected chi connectivity index (χ4v) is 5.76. The number of nitrogens with zero attached hydrogens (tertiary/aromatic N) is 2. The Hall–Kier alpha value is -4.05. The molecule has 3 aromatic carbocycles. The number of anilines is 1. The molecular formula is C31H39N3O6S. The van der Waals surface area contributed by atoms with Crippen LogP contribution in [0.25, 0.3) is 0 Å². The van der Waals surface area contributed by atoms with E-state index >= 15 is 0 Å². The van der Waals surface area contributed by atoms with E-state index in [4.69, 9.17) is 9.47 Å². The number of carbonyl (C=O) groups excluding carboxylic acids is 2. The highest BCUT2D eigenvalue weighted by Gasteiger charge is 2.32. The van der Waals surface area contributed by atoms with Gasteiger partial charge in [-0.1, -0.05) is 61.9 Å². The second kappa shape index (κ2) is 15.1. The molecule has 1 N–H and O–H groups in total. The van der Waals surface area contributed by atoms with E-state index in [-0.39, 0.29) is 23.0 Å². The van der Waals surface area contributed by atoms with Crippen molar-refractivity contribution in [2.45, 2.75) is 44.0 Å². The molecule has 3 rings (SSSR count). The molecule has 0 heterocycles. The summed E-state index contributed by atoms with van der Waals surface area (Å²) in [4.78, 5) is 28.5. The number of ether oxygens (including phenoxy) is 2. The van der Waals surface area contributed by atoms with Gasteiger partial charge in [0.15, 0.2) is 11.5 Å². The van der Waals surface area contributed by atoms with Crippen LogP contribution >= 0.6 is 0 Å². The van der Waals surface area contributed by atoms with Gasteiger partial charge in [0.2, 0.25) is 11.8 Å². The van der Waals surface area contributed by atoms with Gasteiger partial charge in [-0.2, -0.15) is 0 Å². The Bertz CT molecular complexity index is 1380. The summed E-state index contributed by atoms with van der Waals surface area (Å²) in [7, 11) is -1.23. The van der Waals surface area contributed by atoms with Crippen LogP contribution in [0.1, 0.15) is 32.3 Å². The number of rotatable bonds is 15. The number of benzene rings is 3. The molecule has 0 aromatic heterocycles. The first kappa shape index (κ1) is 31.5. The lowest BCUT2D eigenvalue weighted by Gasteiger charge is -2.32. The highest BCUT2D eigenvalue weighted by atomic mass is 32.2. The second-order valence-corrected chi connectivity index (χ2v) is 11.4. The van der Waals surface area contributed by atoms with Gasteiger partial charge in [-0.3, -0.25) is 13.9 Å². The summed E-state index contributed by atoms with van der Waals surface area (Å²) >= 11 is 0. The molecule has 0 spiro atoms. The third kappa shape index (κ3) is 8.23. The molecule has 0 unspecified atom stereocenters. The standard InChI is InChI=1S/C31H39N3O6S/c1-5-6-20-32-31(36)24(2)33(21-19-25-13-9-7-10-14-25)30(35)23-34(41(37,38)27-15-11-8-12-16-27)26-17-18-28(39-3)29(22-26)40-4/h7-18,22,24H,5-6,19-21,23H2,1-4H3,(H,32,36)/t24-/m1/s1. The fourth-order valence-electron chi connectivity index (χ4n) is 4.33.